The van der Waals surface area contributed by atoms with E-state index >= 15 is 0 Å². The first kappa shape index (κ1) is 20.1. The van der Waals surface area contributed by atoms with Gasteiger partial charge >= 0.3 is 0 Å². The lowest BCUT2D eigenvalue weighted by Gasteiger charge is -2.50. The minimum Gasteiger partial charge on any atom is -0.454 e. The van der Waals surface area contributed by atoms with E-state index in [1.54, 1.807) is 0 Å². The van der Waals surface area contributed by atoms with E-state index in [4.69, 9.17) is 9.47 Å². The van der Waals surface area contributed by atoms with Gasteiger partial charge in [0.05, 0.1) is 12.1 Å². The topological polar surface area (TPSA) is 72.2 Å². The van der Waals surface area contributed by atoms with Crippen molar-refractivity contribution in [3.8, 4) is 11.5 Å². The third-order valence-electron chi connectivity index (χ3n) is 7.90. The van der Waals surface area contributed by atoms with Gasteiger partial charge in [-0.3, -0.25) is 4.79 Å². The molecule has 5 rings (SSSR count). The molecular weight excluding hydrogens is 380 g/mol. The summed E-state index contributed by atoms with van der Waals surface area (Å²) in [5, 5.41) is 14.8. The van der Waals surface area contributed by atoms with Crippen LogP contribution in [-0.4, -0.2) is 42.5 Å². The van der Waals surface area contributed by atoms with Crippen molar-refractivity contribution in [2.45, 2.75) is 81.9 Å². The number of piperidine rings is 1. The number of carbonyl (C=O) groups is 1. The molecule has 2 aliphatic heterocycles. The Bertz CT molecular complexity index is 778. The van der Waals surface area contributed by atoms with Gasteiger partial charge in [-0.25, -0.2) is 0 Å². The Labute approximate surface area is 178 Å². The van der Waals surface area contributed by atoms with Crippen LogP contribution >= 0.6 is 0 Å². The maximum atomic E-state index is 12.9. The van der Waals surface area contributed by atoms with Crippen LogP contribution in [0.25, 0.3) is 0 Å². The molecule has 0 radical (unpaired) electrons. The van der Waals surface area contributed by atoms with Crippen molar-refractivity contribution in [2.75, 3.05) is 19.9 Å². The fraction of sp³-hybridized carbons (Fsp3) is 0.708. The van der Waals surface area contributed by atoms with Gasteiger partial charge in [0.25, 0.3) is 5.91 Å². The van der Waals surface area contributed by atoms with Gasteiger partial charge in [-0.15, -0.1) is 0 Å². The van der Waals surface area contributed by atoms with Crippen LogP contribution in [0.5, 0.6) is 11.5 Å². The molecule has 3 N–H and O–H groups in total. The van der Waals surface area contributed by atoms with Gasteiger partial charge in [-0.1, -0.05) is 32.1 Å². The highest BCUT2D eigenvalue weighted by Gasteiger charge is 2.52. The summed E-state index contributed by atoms with van der Waals surface area (Å²) < 4.78 is 11.1. The highest BCUT2D eigenvalue weighted by Crippen LogP contribution is 2.45. The summed E-state index contributed by atoms with van der Waals surface area (Å²) in [6.07, 6.45) is 10.9. The van der Waals surface area contributed by atoms with Gasteiger partial charge in [0, 0.05) is 23.9 Å². The second-order valence-electron chi connectivity index (χ2n) is 9.78. The van der Waals surface area contributed by atoms with E-state index in [1.165, 1.54) is 24.2 Å². The Morgan fingerprint density at radius 1 is 1.07 bits per heavy atom. The molecule has 6 nitrogen and oxygen atoms in total. The van der Waals surface area contributed by atoms with Crippen LogP contribution in [0.1, 0.15) is 75.8 Å². The average molecular weight is 416 g/mol. The van der Waals surface area contributed by atoms with Crippen molar-refractivity contribution in [1.29, 1.82) is 0 Å². The molecule has 1 aromatic carbocycles. The van der Waals surface area contributed by atoms with Gasteiger partial charge in [-0.2, -0.15) is 0 Å². The Hall–Kier alpha value is -1.79. The Balaban J connectivity index is 1.38. The van der Waals surface area contributed by atoms with Crippen LogP contribution in [0.3, 0.4) is 0 Å². The van der Waals surface area contributed by atoms with Crippen LogP contribution in [0, 0.1) is 5.92 Å². The number of hydrogen-bond acceptors (Lipinski definition) is 4. The number of amides is 1. The molecule has 6 heteroatoms. The number of ether oxygens (including phenoxy) is 2. The van der Waals surface area contributed by atoms with E-state index < -0.39 is 5.60 Å². The molecule has 4 atom stereocenters. The predicted octanol–water partition coefficient (Wildman–Crippen LogP) is 2.12. The van der Waals surface area contributed by atoms with E-state index in [2.05, 4.69) is 17.4 Å². The molecule has 1 unspecified atom stereocenters. The Morgan fingerprint density at radius 2 is 1.87 bits per heavy atom. The van der Waals surface area contributed by atoms with Crippen molar-refractivity contribution < 1.29 is 24.3 Å². The first-order chi connectivity index (χ1) is 14.6. The summed E-state index contributed by atoms with van der Waals surface area (Å²) in [6, 6.07) is 6.61. The Morgan fingerprint density at radius 3 is 2.73 bits per heavy atom. The molecular formula is C24H35N2O4+. The molecule has 30 heavy (non-hydrogen) atoms. The third-order valence-corrected chi connectivity index (χ3v) is 7.90. The number of fused-ring (bicyclic) bond motifs is 2. The highest BCUT2D eigenvalue weighted by molar-refractivity contribution is 5.77. The van der Waals surface area contributed by atoms with Gasteiger partial charge in [0.15, 0.2) is 18.0 Å². The number of carbonyl (C=O) groups excluding carboxylic acids is 1. The fourth-order valence-corrected chi connectivity index (χ4v) is 6.36. The van der Waals surface area contributed by atoms with Crippen LogP contribution in [0.15, 0.2) is 18.2 Å². The largest absolute Gasteiger partial charge is 0.454 e. The van der Waals surface area contributed by atoms with E-state index in [0.29, 0.717) is 12.6 Å². The fourth-order valence-electron chi connectivity index (χ4n) is 6.36. The number of likely N-dealkylation sites (tertiary alicyclic amines) is 1. The SMILES string of the molecule is O=C(C[NH+]1CC[C@@]2(O)CCCC[C@@H]2[C@H]1c1ccc2c(c1)OCO2)NC1CCCCC1. The summed E-state index contributed by atoms with van der Waals surface area (Å²) in [5.41, 5.74) is 0.549. The summed E-state index contributed by atoms with van der Waals surface area (Å²) in [4.78, 5) is 14.2. The van der Waals surface area contributed by atoms with Crippen molar-refractivity contribution in [1.82, 2.24) is 5.32 Å². The van der Waals surface area contributed by atoms with Crippen LogP contribution in [0.4, 0.5) is 0 Å². The smallest absolute Gasteiger partial charge is 0.275 e. The van der Waals surface area contributed by atoms with Crippen molar-refractivity contribution in [2.24, 2.45) is 5.92 Å². The lowest BCUT2D eigenvalue weighted by Crippen LogP contribution is -3.16. The maximum Gasteiger partial charge on any atom is 0.275 e. The molecule has 1 saturated heterocycles. The molecule has 0 spiro atoms. The molecule has 0 aromatic heterocycles. The van der Waals surface area contributed by atoms with E-state index in [0.717, 1.165) is 68.6 Å². The van der Waals surface area contributed by atoms with Gasteiger partial charge in [0.2, 0.25) is 6.79 Å². The average Bonchev–Trinajstić information content (AvgIpc) is 3.22. The van der Waals surface area contributed by atoms with Crippen LogP contribution < -0.4 is 19.7 Å². The number of benzene rings is 1. The summed E-state index contributed by atoms with van der Waals surface area (Å²) >= 11 is 0. The number of aliphatic hydroxyl groups is 1. The van der Waals surface area contributed by atoms with E-state index in [9.17, 15) is 9.90 Å². The summed E-state index contributed by atoms with van der Waals surface area (Å²) in [5.74, 6) is 1.90. The molecule has 164 valence electrons. The second kappa shape index (κ2) is 8.39. The van der Waals surface area contributed by atoms with Gasteiger partial charge in [-0.05, 0) is 43.9 Å². The van der Waals surface area contributed by atoms with Crippen molar-refractivity contribution >= 4 is 5.91 Å². The zero-order valence-electron chi connectivity index (χ0n) is 17.8. The molecule has 4 aliphatic rings. The lowest BCUT2D eigenvalue weighted by atomic mass is 9.66. The predicted molar refractivity (Wildman–Crippen MR) is 113 cm³/mol. The van der Waals surface area contributed by atoms with E-state index in [-0.39, 0.29) is 24.7 Å². The quantitative estimate of drug-likeness (QED) is 0.704. The second-order valence-corrected chi connectivity index (χ2v) is 9.78. The molecule has 2 heterocycles. The lowest BCUT2D eigenvalue weighted by molar-refractivity contribution is -0.937. The van der Waals surface area contributed by atoms with E-state index in [1.807, 2.05) is 6.07 Å². The molecule has 2 saturated carbocycles. The minimum atomic E-state index is -0.608. The monoisotopic (exact) mass is 415 g/mol. The first-order valence-corrected chi connectivity index (χ1v) is 11.9. The highest BCUT2D eigenvalue weighted by atomic mass is 16.7. The van der Waals surface area contributed by atoms with Crippen LogP contribution in [0.2, 0.25) is 0 Å². The molecule has 0 bridgehead atoms. The molecule has 1 amide bonds. The zero-order valence-corrected chi connectivity index (χ0v) is 17.8. The standard InChI is InChI=1S/C24H34N2O4/c27-22(25-18-6-2-1-3-7-18)15-26-13-12-24(28)11-5-4-8-19(24)23(26)17-9-10-20-21(14-17)30-16-29-20/h9-10,14,18-19,23,28H,1-8,11-13,15-16H2,(H,25,27)/p+1/t19-,23-,24+/m1/s1. The van der Waals surface area contributed by atoms with Crippen LogP contribution in [-0.2, 0) is 4.79 Å². The Kier molecular flexibility index (Phi) is 5.63. The number of quaternary nitrogens is 1. The number of hydrogen-bond donors (Lipinski definition) is 3. The van der Waals surface area contributed by atoms with Crippen molar-refractivity contribution in [3.05, 3.63) is 23.8 Å². The zero-order chi connectivity index (χ0) is 20.6. The first-order valence-electron chi connectivity index (χ1n) is 11.9. The number of rotatable bonds is 4. The maximum absolute atomic E-state index is 12.9. The van der Waals surface area contributed by atoms with Gasteiger partial charge < -0.3 is 24.8 Å². The van der Waals surface area contributed by atoms with Gasteiger partial charge in [0.1, 0.15) is 6.04 Å². The van der Waals surface area contributed by atoms with Crippen molar-refractivity contribution in [3.63, 3.8) is 0 Å². The molecule has 3 fully saturated rings. The summed E-state index contributed by atoms with van der Waals surface area (Å²) in [7, 11) is 0. The normalized spacial score (nSPS) is 33.7. The number of nitrogens with one attached hydrogen (secondary N) is 2. The third kappa shape index (κ3) is 3.92. The minimum absolute atomic E-state index is 0.107. The summed E-state index contributed by atoms with van der Waals surface area (Å²) in [6.45, 7) is 1.56. The molecule has 1 aromatic rings. The molecule has 2 aliphatic carbocycles.